The molecule has 4 heteroatoms. The van der Waals surface area contributed by atoms with Crippen molar-refractivity contribution in [1.82, 2.24) is 0 Å². The van der Waals surface area contributed by atoms with Crippen LogP contribution in [0.15, 0.2) is 52.9 Å². The quantitative estimate of drug-likeness (QED) is 0.639. The molecule has 1 aromatic heterocycles. The van der Waals surface area contributed by atoms with Gasteiger partial charge in [0.05, 0.1) is 13.0 Å². The zero-order chi connectivity index (χ0) is 14.7. The molecule has 0 bridgehead atoms. The molecule has 0 atom stereocenters. The van der Waals surface area contributed by atoms with Crippen LogP contribution in [0.4, 0.5) is 0 Å². The minimum absolute atomic E-state index is 0.479. The first-order valence-electron chi connectivity index (χ1n) is 6.67. The van der Waals surface area contributed by atoms with Gasteiger partial charge in [-0.05, 0) is 48.5 Å². The minimum Gasteiger partial charge on any atom is -0.497 e. The number of halogens is 1. The second kappa shape index (κ2) is 6.10. The molecule has 3 aromatic rings. The Labute approximate surface area is 128 Å². The molecule has 3 nitrogen and oxygen atoms in total. The first-order valence-corrected chi connectivity index (χ1v) is 7.20. The highest BCUT2D eigenvalue weighted by Crippen LogP contribution is 2.30. The molecule has 0 unspecified atom stereocenters. The molecule has 0 fully saturated rings. The summed E-state index contributed by atoms with van der Waals surface area (Å²) < 4.78 is 16.5. The molecule has 0 aliphatic carbocycles. The van der Waals surface area contributed by atoms with Crippen molar-refractivity contribution in [3.8, 4) is 22.8 Å². The lowest BCUT2D eigenvalue weighted by Gasteiger charge is -2.04. The predicted octanol–water partition coefficient (Wildman–Crippen LogP) is 4.73. The molecule has 0 radical (unpaired) electrons. The highest BCUT2D eigenvalue weighted by Gasteiger charge is 2.07. The number of hydrogen-bond donors (Lipinski definition) is 0. The Morgan fingerprint density at radius 1 is 1.00 bits per heavy atom. The van der Waals surface area contributed by atoms with E-state index in [-0.39, 0.29) is 0 Å². The lowest BCUT2D eigenvalue weighted by molar-refractivity contribution is 0.343. The van der Waals surface area contributed by atoms with Gasteiger partial charge in [0.2, 0.25) is 0 Å². The molecule has 0 spiro atoms. The minimum atomic E-state index is 0.479. The fourth-order valence-corrected chi connectivity index (χ4v) is 2.24. The van der Waals surface area contributed by atoms with Gasteiger partial charge in [-0.15, -0.1) is 11.6 Å². The largest absolute Gasteiger partial charge is 0.497 e. The third-order valence-corrected chi connectivity index (χ3v) is 3.36. The molecule has 0 N–H and O–H groups in total. The summed E-state index contributed by atoms with van der Waals surface area (Å²) in [6.07, 6.45) is 0. The summed E-state index contributed by atoms with van der Waals surface area (Å²) in [5.74, 6) is 2.92. The Hall–Kier alpha value is -2.13. The summed E-state index contributed by atoms with van der Waals surface area (Å²) in [6, 6.07) is 15.5. The Morgan fingerprint density at radius 2 is 1.76 bits per heavy atom. The number of furan rings is 1. The summed E-state index contributed by atoms with van der Waals surface area (Å²) in [4.78, 5) is 0. The second-order valence-electron chi connectivity index (χ2n) is 4.58. The standard InChI is InChI=1S/C17H15ClO3/c1-19-15-6-7-16-13(10-15)11-17(21-16)12-2-4-14(5-3-12)20-9-8-18/h2-7,10-11H,8-9H2,1H3. The molecule has 21 heavy (non-hydrogen) atoms. The fourth-order valence-electron chi connectivity index (χ4n) is 2.16. The van der Waals surface area contributed by atoms with Crippen molar-refractivity contribution in [3.05, 3.63) is 48.5 Å². The zero-order valence-electron chi connectivity index (χ0n) is 11.6. The highest BCUT2D eigenvalue weighted by atomic mass is 35.5. The van der Waals surface area contributed by atoms with Gasteiger partial charge in [-0.25, -0.2) is 0 Å². The number of hydrogen-bond acceptors (Lipinski definition) is 3. The number of rotatable bonds is 5. The van der Waals surface area contributed by atoms with Gasteiger partial charge in [0.1, 0.15) is 29.4 Å². The van der Waals surface area contributed by atoms with E-state index in [2.05, 4.69) is 0 Å². The lowest BCUT2D eigenvalue weighted by atomic mass is 10.1. The topological polar surface area (TPSA) is 31.6 Å². The van der Waals surface area contributed by atoms with Crippen molar-refractivity contribution in [3.63, 3.8) is 0 Å². The molecule has 1 heterocycles. The van der Waals surface area contributed by atoms with E-state index >= 15 is 0 Å². The molecule has 0 aliphatic heterocycles. The maximum Gasteiger partial charge on any atom is 0.135 e. The maximum atomic E-state index is 5.86. The third-order valence-electron chi connectivity index (χ3n) is 3.21. The molecule has 0 amide bonds. The van der Waals surface area contributed by atoms with E-state index in [4.69, 9.17) is 25.5 Å². The Bertz CT molecular complexity index is 731. The van der Waals surface area contributed by atoms with Crippen LogP contribution in [0.5, 0.6) is 11.5 Å². The number of ether oxygens (including phenoxy) is 2. The molecule has 108 valence electrons. The summed E-state index contributed by atoms with van der Waals surface area (Å²) in [5, 5.41) is 1.02. The SMILES string of the molecule is COc1ccc2oc(-c3ccc(OCCCl)cc3)cc2c1. The summed E-state index contributed by atoms with van der Waals surface area (Å²) in [5.41, 5.74) is 1.84. The van der Waals surface area contributed by atoms with Crippen LogP contribution < -0.4 is 9.47 Å². The Kier molecular flexibility index (Phi) is 4.02. The summed E-state index contributed by atoms with van der Waals surface area (Å²) in [7, 11) is 1.65. The molecular formula is C17H15ClO3. The first kappa shape index (κ1) is 13.8. The highest BCUT2D eigenvalue weighted by molar-refractivity contribution is 6.18. The van der Waals surface area contributed by atoms with Crippen LogP contribution in [0.1, 0.15) is 0 Å². The van der Waals surface area contributed by atoms with Crippen LogP contribution >= 0.6 is 11.6 Å². The molecular weight excluding hydrogens is 288 g/mol. The van der Waals surface area contributed by atoms with E-state index in [0.29, 0.717) is 12.5 Å². The number of methoxy groups -OCH3 is 1. The van der Waals surface area contributed by atoms with Gasteiger partial charge in [0.25, 0.3) is 0 Å². The predicted molar refractivity (Wildman–Crippen MR) is 84.4 cm³/mol. The van der Waals surface area contributed by atoms with Gasteiger partial charge < -0.3 is 13.9 Å². The van der Waals surface area contributed by atoms with Crippen LogP contribution in [0.25, 0.3) is 22.3 Å². The monoisotopic (exact) mass is 302 g/mol. The maximum absolute atomic E-state index is 5.86. The Morgan fingerprint density at radius 3 is 2.48 bits per heavy atom. The zero-order valence-corrected chi connectivity index (χ0v) is 12.4. The lowest BCUT2D eigenvalue weighted by Crippen LogP contribution is -1.97. The van der Waals surface area contributed by atoms with Crippen LogP contribution in [0.2, 0.25) is 0 Å². The van der Waals surface area contributed by atoms with Crippen molar-refractivity contribution in [2.24, 2.45) is 0 Å². The molecule has 0 saturated heterocycles. The molecule has 3 rings (SSSR count). The first-order chi connectivity index (χ1) is 10.3. The van der Waals surface area contributed by atoms with E-state index < -0.39 is 0 Å². The van der Waals surface area contributed by atoms with Crippen molar-refractivity contribution in [2.45, 2.75) is 0 Å². The smallest absolute Gasteiger partial charge is 0.135 e. The second-order valence-corrected chi connectivity index (χ2v) is 4.95. The van der Waals surface area contributed by atoms with E-state index in [0.717, 1.165) is 33.8 Å². The molecule has 0 aliphatic rings. The van der Waals surface area contributed by atoms with E-state index in [1.807, 2.05) is 48.5 Å². The van der Waals surface area contributed by atoms with Crippen LogP contribution in [-0.2, 0) is 0 Å². The Balaban J connectivity index is 1.89. The van der Waals surface area contributed by atoms with Crippen molar-refractivity contribution in [1.29, 1.82) is 0 Å². The molecule has 0 saturated carbocycles. The van der Waals surface area contributed by atoms with E-state index in [9.17, 15) is 0 Å². The van der Waals surface area contributed by atoms with Crippen molar-refractivity contribution in [2.75, 3.05) is 19.6 Å². The van der Waals surface area contributed by atoms with Gasteiger partial charge in [-0.1, -0.05) is 0 Å². The average molecular weight is 303 g/mol. The average Bonchev–Trinajstić information content (AvgIpc) is 2.96. The van der Waals surface area contributed by atoms with Gasteiger partial charge in [-0.2, -0.15) is 0 Å². The van der Waals surface area contributed by atoms with Crippen LogP contribution in [0, 0.1) is 0 Å². The molecule has 2 aromatic carbocycles. The van der Waals surface area contributed by atoms with Crippen molar-refractivity contribution < 1.29 is 13.9 Å². The van der Waals surface area contributed by atoms with E-state index in [1.165, 1.54) is 0 Å². The van der Waals surface area contributed by atoms with Gasteiger partial charge in [-0.3, -0.25) is 0 Å². The number of alkyl halides is 1. The van der Waals surface area contributed by atoms with Gasteiger partial charge >= 0.3 is 0 Å². The van der Waals surface area contributed by atoms with Crippen LogP contribution in [-0.4, -0.2) is 19.6 Å². The normalized spacial score (nSPS) is 10.8. The number of fused-ring (bicyclic) bond motifs is 1. The summed E-state index contributed by atoms with van der Waals surface area (Å²) in [6.45, 7) is 0.505. The van der Waals surface area contributed by atoms with Crippen molar-refractivity contribution >= 4 is 22.6 Å². The fraction of sp³-hybridized carbons (Fsp3) is 0.176. The number of benzene rings is 2. The van der Waals surface area contributed by atoms with Gasteiger partial charge in [0.15, 0.2) is 0 Å². The van der Waals surface area contributed by atoms with E-state index in [1.54, 1.807) is 7.11 Å². The summed E-state index contributed by atoms with van der Waals surface area (Å²) >= 11 is 5.60. The third kappa shape index (κ3) is 2.98. The van der Waals surface area contributed by atoms with Gasteiger partial charge in [0, 0.05) is 10.9 Å². The van der Waals surface area contributed by atoms with Crippen LogP contribution in [0.3, 0.4) is 0 Å².